The van der Waals surface area contributed by atoms with E-state index in [-0.39, 0.29) is 82.5 Å². The molecule has 0 rings (SSSR count). The number of likely N-dealkylation sites (N-methyl/N-ethyl adjacent to an activating group) is 1. The summed E-state index contributed by atoms with van der Waals surface area (Å²) >= 11 is 0. The van der Waals surface area contributed by atoms with E-state index in [1.807, 2.05) is 0 Å². The van der Waals surface area contributed by atoms with E-state index in [1.165, 1.54) is 7.05 Å². The minimum atomic E-state index is -0.817. The first kappa shape index (κ1) is 19.8. The maximum Gasteiger partial charge on any atom is 1.00 e. The van der Waals surface area contributed by atoms with Gasteiger partial charge in [0.25, 0.3) is 0 Å². The van der Waals surface area contributed by atoms with Crippen LogP contribution >= 0.6 is 0 Å². The van der Waals surface area contributed by atoms with Crippen molar-refractivity contribution in [1.29, 1.82) is 0 Å². The van der Waals surface area contributed by atoms with Crippen molar-refractivity contribution in [3.8, 4) is 0 Å². The number of amides is 1. The molecule has 62 valence electrons. The van der Waals surface area contributed by atoms with Crippen LogP contribution in [-0.2, 0) is 14.2 Å². The van der Waals surface area contributed by atoms with Gasteiger partial charge in [0, 0.05) is 31.1 Å². The van der Waals surface area contributed by atoms with E-state index in [9.17, 15) is 9.59 Å². The second kappa shape index (κ2) is 11.4. The van der Waals surface area contributed by atoms with E-state index < -0.39 is 11.9 Å². The summed E-state index contributed by atoms with van der Waals surface area (Å²) < 4.78 is 3.77. The van der Waals surface area contributed by atoms with Gasteiger partial charge in [0.1, 0.15) is 0 Å². The van der Waals surface area contributed by atoms with Crippen LogP contribution in [0.15, 0.2) is 6.08 Å². The maximum absolute atomic E-state index is 10.6. The van der Waals surface area contributed by atoms with E-state index in [4.69, 9.17) is 6.58 Å². The third-order valence-electron chi connectivity index (χ3n) is 0.905. The number of nitrogens with zero attached hydrogens (tertiary/aromatic N) is 1. The van der Waals surface area contributed by atoms with Crippen molar-refractivity contribution in [3.63, 3.8) is 0 Å². The predicted octanol–water partition coefficient (Wildman–Crippen LogP) is -3.77. The molecule has 0 heterocycles. The van der Waals surface area contributed by atoms with Crippen LogP contribution in [0.5, 0.6) is 0 Å². The van der Waals surface area contributed by atoms with Crippen LogP contribution < -0.4 is 51.4 Å². The minimum Gasteiger partial charge on any atom is -0.563 e. The molecule has 0 bridgehead atoms. The van der Waals surface area contributed by atoms with Crippen molar-refractivity contribution >= 4 is 19.9 Å². The van der Waals surface area contributed by atoms with Crippen LogP contribution in [0.2, 0.25) is 0 Å². The zero-order valence-corrected chi connectivity index (χ0v) is 14.8. The molecule has 4 nitrogen and oxygen atoms in total. The van der Waals surface area contributed by atoms with E-state index in [1.54, 1.807) is 0 Å². The fourth-order valence-corrected chi connectivity index (χ4v) is 0.370. The molecule has 2 radical (unpaired) electrons. The molecule has 0 saturated carbocycles. The predicted molar refractivity (Wildman–Crippen MR) is 37.8 cm³/mol. The van der Waals surface area contributed by atoms with Gasteiger partial charge in [0.05, 0.1) is 5.91 Å². The Hall–Kier alpha value is 1.30. The van der Waals surface area contributed by atoms with Gasteiger partial charge in [0.15, 0.2) is 5.97 Å². The summed E-state index contributed by atoms with van der Waals surface area (Å²) in [5.41, 5.74) is 0. The quantitative estimate of drug-likeness (QED) is 0.264. The first-order chi connectivity index (χ1) is 5.11. The average molecular weight is 428 g/mol. The van der Waals surface area contributed by atoms with Gasteiger partial charge in [0.2, 0.25) is 0 Å². The Bertz CT molecular complexity index is 191. The molecule has 0 aliphatic heterocycles. The summed E-state index contributed by atoms with van der Waals surface area (Å²) in [7, 11) is 5.85. The van der Waals surface area contributed by atoms with Crippen molar-refractivity contribution in [2.75, 3.05) is 7.05 Å². The second-order valence-electron chi connectivity index (χ2n) is 1.68. The topological polar surface area (TPSA) is 46.6 Å². The minimum absolute atomic E-state index is 0. The molecule has 13 heavy (non-hydrogen) atoms. The number of carbonyl (C=O) groups excluding carboxylic acids is 2. The van der Waals surface area contributed by atoms with Crippen molar-refractivity contribution in [2.45, 2.75) is 0 Å². The summed E-state index contributed by atoms with van der Waals surface area (Å²) in [5, 5.41) is 0. The smallest absolute Gasteiger partial charge is 0.563 e. The molecule has 0 aliphatic carbocycles. The number of hydrogen-bond acceptors (Lipinski definition) is 3. The number of hydrogen-bond donors (Lipinski definition) is 0. The van der Waals surface area contributed by atoms with Gasteiger partial charge < -0.3 is 14.3 Å². The van der Waals surface area contributed by atoms with E-state index >= 15 is 0 Å². The van der Waals surface area contributed by atoms with Gasteiger partial charge in [-0.25, -0.2) is 6.54 Å². The fraction of sp³-hybridized carbons (Fsp3) is 0.167. The molecule has 0 fully saturated rings. The molecule has 0 saturated heterocycles. The van der Waals surface area contributed by atoms with Gasteiger partial charge in [-0.3, -0.25) is 11.4 Å². The van der Waals surface area contributed by atoms with Gasteiger partial charge >= 0.3 is 59.4 Å². The Morgan fingerprint density at radius 1 is 1.62 bits per heavy atom. The average Bonchev–Trinajstić information content (AvgIpc) is 2.02. The maximum atomic E-state index is 10.6. The van der Waals surface area contributed by atoms with Crippen molar-refractivity contribution < 1.29 is 96.7 Å². The van der Waals surface area contributed by atoms with Crippen LogP contribution in [0, 0.1) is 44.2 Å². The Kier molecular flexibility index (Phi) is 17.3. The Morgan fingerprint density at radius 3 is 2.38 bits per heavy atom. The van der Waals surface area contributed by atoms with Gasteiger partial charge in [-0.15, -0.1) is 0 Å². The molecule has 0 N–H and O–H groups in total. The third-order valence-corrected chi connectivity index (χ3v) is 0.905. The van der Waals surface area contributed by atoms with Crippen molar-refractivity contribution in [1.82, 2.24) is 4.90 Å². The van der Waals surface area contributed by atoms with E-state index in [0.29, 0.717) is 0 Å². The molecular weight excluding hydrogens is 422 g/mol. The molecular formula is C6H6BKNO3U-. The number of carbonyl (C=O) groups is 2. The first-order valence-electron chi connectivity index (χ1n) is 2.69. The van der Waals surface area contributed by atoms with Gasteiger partial charge in [-0.1, -0.05) is 0 Å². The van der Waals surface area contributed by atoms with Crippen LogP contribution in [0.3, 0.4) is 0 Å². The Labute approximate surface area is 145 Å². The molecule has 0 atom stereocenters. The van der Waals surface area contributed by atoms with E-state index in [0.717, 1.165) is 17.5 Å². The van der Waals surface area contributed by atoms with Crippen molar-refractivity contribution in [2.24, 2.45) is 0 Å². The standard InChI is InChI=1S/C6H6BNO3.K.U/c1-3-5(9)8(2)4-6(10)11-7;;/h1,3-4H,2H3;;/q-2;+1;. The molecule has 0 unspecified atom stereocenters. The Balaban J connectivity index is -0.000000500. The molecule has 1 amide bonds. The zero-order valence-electron chi connectivity index (χ0n) is 7.48. The SMILES string of the molecule is [B]OC(=O)[CH-]N(C)C(=O)C=[CH-].[K+].[U]. The van der Waals surface area contributed by atoms with E-state index in [2.05, 4.69) is 12.7 Å². The number of rotatable bonds is 3. The zero-order chi connectivity index (χ0) is 8.85. The Morgan fingerprint density at radius 2 is 2.08 bits per heavy atom. The monoisotopic (exact) mass is 428 g/mol. The summed E-state index contributed by atoms with van der Waals surface area (Å²) in [6, 6.07) is 0. The summed E-state index contributed by atoms with van der Waals surface area (Å²) in [4.78, 5) is 22.0. The summed E-state index contributed by atoms with van der Waals surface area (Å²) in [5.74, 6) is -1.34. The van der Waals surface area contributed by atoms with Crippen molar-refractivity contribution in [3.05, 3.63) is 19.2 Å². The molecule has 0 aliphatic rings. The molecule has 0 aromatic carbocycles. The largest absolute Gasteiger partial charge is 1.00 e. The van der Waals surface area contributed by atoms with Crippen LogP contribution in [0.25, 0.3) is 0 Å². The van der Waals surface area contributed by atoms with Crippen LogP contribution in [0.4, 0.5) is 0 Å². The second-order valence-corrected chi connectivity index (χ2v) is 1.68. The van der Waals surface area contributed by atoms with Crippen LogP contribution in [0.1, 0.15) is 0 Å². The first-order valence-corrected chi connectivity index (χ1v) is 2.69. The van der Waals surface area contributed by atoms with Gasteiger partial charge in [-0.05, 0) is 7.05 Å². The normalized spacial score (nSPS) is 6.85. The van der Waals surface area contributed by atoms with Gasteiger partial charge in [-0.2, -0.15) is 6.08 Å². The molecule has 0 aromatic heterocycles. The summed E-state index contributed by atoms with van der Waals surface area (Å²) in [6.45, 7) is 5.75. The summed E-state index contributed by atoms with van der Waals surface area (Å²) in [6.07, 6.45) is 0.820. The third kappa shape index (κ3) is 9.60. The van der Waals surface area contributed by atoms with Crippen LogP contribution in [-0.4, -0.2) is 31.9 Å². The molecule has 0 spiro atoms. The molecule has 0 aromatic rings. The molecule has 7 heteroatoms. The fourth-order valence-electron chi connectivity index (χ4n) is 0.370.